The van der Waals surface area contributed by atoms with Gasteiger partial charge in [-0.1, -0.05) is 39.2 Å². The maximum absolute atomic E-state index is 12.3. The van der Waals surface area contributed by atoms with Crippen molar-refractivity contribution in [2.24, 2.45) is 0 Å². The summed E-state index contributed by atoms with van der Waals surface area (Å²) in [5, 5.41) is 6.35. The number of carbonyl (C=O) groups excluding carboxylic acids is 1. The first kappa shape index (κ1) is 20.6. The average molecular weight is 363 g/mol. The van der Waals surface area contributed by atoms with E-state index in [1.807, 2.05) is 24.3 Å². The van der Waals surface area contributed by atoms with Crippen LogP contribution in [0.2, 0.25) is 0 Å². The van der Waals surface area contributed by atoms with Crippen LogP contribution in [-0.4, -0.2) is 31.4 Å². The summed E-state index contributed by atoms with van der Waals surface area (Å²) in [6.45, 7) is 5.98. The topological polar surface area (TPSA) is 59.6 Å². The third-order valence-corrected chi connectivity index (χ3v) is 4.71. The van der Waals surface area contributed by atoms with E-state index in [1.165, 1.54) is 19.3 Å². The molecule has 0 saturated heterocycles. The Kier molecular flexibility index (Phi) is 9.32. The summed E-state index contributed by atoms with van der Waals surface area (Å²) in [5.74, 6) is 0.777. The fourth-order valence-corrected chi connectivity index (χ4v) is 3.29. The summed E-state index contributed by atoms with van der Waals surface area (Å²) in [6.07, 6.45) is 8.33. The van der Waals surface area contributed by atoms with Crippen molar-refractivity contribution >= 4 is 11.8 Å². The van der Waals surface area contributed by atoms with Crippen molar-refractivity contribution in [3.05, 3.63) is 24.3 Å². The van der Waals surface area contributed by atoms with Gasteiger partial charge < -0.3 is 14.8 Å². The molecule has 1 saturated carbocycles. The van der Waals surface area contributed by atoms with Crippen LogP contribution in [0.3, 0.4) is 0 Å². The molecule has 1 aliphatic carbocycles. The van der Waals surface area contributed by atoms with E-state index in [1.54, 1.807) is 0 Å². The number of ether oxygens (including phenoxy) is 2. The van der Waals surface area contributed by atoms with Gasteiger partial charge in [0.15, 0.2) is 0 Å². The Balaban J connectivity index is 1.82. The van der Waals surface area contributed by atoms with Gasteiger partial charge in [0.25, 0.3) is 0 Å². The highest BCUT2D eigenvalue weighted by Crippen LogP contribution is 2.23. The van der Waals surface area contributed by atoms with Gasteiger partial charge in [0.1, 0.15) is 11.9 Å². The number of unbranched alkanes of at least 4 members (excludes halogenated alkanes) is 2. The number of rotatable bonds is 10. The zero-order valence-electron chi connectivity index (χ0n) is 16.3. The fraction of sp³-hybridized carbons (Fsp3) is 0.667. The van der Waals surface area contributed by atoms with E-state index >= 15 is 0 Å². The van der Waals surface area contributed by atoms with Gasteiger partial charge in [0.2, 0.25) is 0 Å². The Labute approximate surface area is 157 Å². The number of hydrogen-bond acceptors (Lipinski definition) is 4. The predicted molar refractivity (Wildman–Crippen MR) is 106 cm³/mol. The van der Waals surface area contributed by atoms with Crippen LogP contribution in [0.1, 0.15) is 65.2 Å². The molecule has 1 fully saturated rings. The molecule has 5 nitrogen and oxygen atoms in total. The van der Waals surface area contributed by atoms with Gasteiger partial charge >= 0.3 is 6.09 Å². The maximum Gasteiger partial charge on any atom is 0.411 e. The second kappa shape index (κ2) is 11.8. The van der Waals surface area contributed by atoms with Gasteiger partial charge in [-0.2, -0.15) is 0 Å². The largest absolute Gasteiger partial charge is 0.494 e. The van der Waals surface area contributed by atoms with E-state index < -0.39 is 0 Å². The van der Waals surface area contributed by atoms with Gasteiger partial charge in [-0.15, -0.1) is 0 Å². The van der Waals surface area contributed by atoms with Crippen LogP contribution >= 0.6 is 0 Å². The second-order valence-corrected chi connectivity index (χ2v) is 7.00. The first-order valence-corrected chi connectivity index (χ1v) is 10.2. The molecule has 1 aromatic carbocycles. The summed E-state index contributed by atoms with van der Waals surface area (Å²) in [4.78, 5) is 12.3. The highest BCUT2D eigenvalue weighted by atomic mass is 16.6. The summed E-state index contributed by atoms with van der Waals surface area (Å²) in [7, 11) is 0. The molecule has 2 rings (SSSR count). The monoisotopic (exact) mass is 362 g/mol. The number of amides is 1. The molecule has 0 aliphatic heterocycles. The molecule has 0 bridgehead atoms. The summed E-state index contributed by atoms with van der Waals surface area (Å²) in [5.41, 5.74) is 0.705. The van der Waals surface area contributed by atoms with Crippen molar-refractivity contribution in [1.29, 1.82) is 0 Å². The molecular weight excluding hydrogens is 328 g/mol. The summed E-state index contributed by atoms with van der Waals surface area (Å²) >= 11 is 0. The van der Waals surface area contributed by atoms with Crippen LogP contribution in [-0.2, 0) is 4.74 Å². The molecule has 1 aromatic rings. The van der Waals surface area contributed by atoms with E-state index in [0.717, 1.165) is 44.4 Å². The molecule has 5 heteroatoms. The van der Waals surface area contributed by atoms with Crippen molar-refractivity contribution in [2.45, 2.75) is 77.4 Å². The zero-order valence-corrected chi connectivity index (χ0v) is 16.3. The molecule has 146 valence electrons. The molecule has 0 heterocycles. The van der Waals surface area contributed by atoms with Crippen molar-refractivity contribution in [3.8, 4) is 5.75 Å². The van der Waals surface area contributed by atoms with E-state index in [4.69, 9.17) is 9.47 Å². The van der Waals surface area contributed by atoms with E-state index in [0.29, 0.717) is 12.3 Å². The van der Waals surface area contributed by atoms with Gasteiger partial charge in [-0.3, -0.25) is 5.32 Å². The fourth-order valence-electron chi connectivity index (χ4n) is 3.29. The van der Waals surface area contributed by atoms with Gasteiger partial charge in [-0.25, -0.2) is 4.79 Å². The van der Waals surface area contributed by atoms with E-state index in [-0.39, 0.29) is 18.2 Å². The number of carbonyl (C=O) groups is 1. The standard InChI is InChI=1S/C21H34N2O3/c1-3-5-8-15-25-18-11-9-10-17(16-18)23-21(24)26-20-13-7-6-12-19(20)22-14-4-2/h9-11,16,19-20,22H,3-8,12-15H2,1-2H3,(H,23,24). The lowest BCUT2D eigenvalue weighted by Crippen LogP contribution is -2.45. The van der Waals surface area contributed by atoms with E-state index in [2.05, 4.69) is 24.5 Å². The summed E-state index contributed by atoms with van der Waals surface area (Å²) < 4.78 is 11.4. The van der Waals surface area contributed by atoms with Crippen LogP contribution < -0.4 is 15.4 Å². The Morgan fingerprint density at radius 2 is 2.00 bits per heavy atom. The van der Waals surface area contributed by atoms with Crippen LogP contribution in [0.15, 0.2) is 24.3 Å². The van der Waals surface area contributed by atoms with Crippen LogP contribution in [0, 0.1) is 0 Å². The average Bonchev–Trinajstić information content (AvgIpc) is 2.65. The van der Waals surface area contributed by atoms with Gasteiger partial charge in [-0.05, 0) is 50.8 Å². The van der Waals surface area contributed by atoms with Gasteiger partial charge in [0.05, 0.1) is 6.61 Å². The quantitative estimate of drug-likeness (QED) is 0.568. The third kappa shape index (κ3) is 7.24. The molecule has 0 aromatic heterocycles. The molecular formula is C21H34N2O3. The minimum absolute atomic E-state index is 0.0521. The number of benzene rings is 1. The highest BCUT2D eigenvalue weighted by Gasteiger charge is 2.27. The minimum atomic E-state index is -0.386. The number of hydrogen-bond donors (Lipinski definition) is 2. The van der Waals surface area contributed by atoms with Crippen LogP contribution in [0.4, 0.5) is 10.5 Å². The maximum atomic E-state index is 12.3. The van der Waals surface area contributed by atoms with Crippen molar-refractivity contribution in [1.82, 2.24) is 5.32 Å². The van der Waals surface area contributed by atoms with Crippen LogP contribution in [0.5, 0.6) is 5.75 Å². The normalized spacial score (nSPS) is 19.8. The van der Waals surface area contributed by atoms with Crippen molar-refractivity contribution in [2.75, 3.05) is 18.5 Å². The lowest BCUT2D eigenvalue weighted by molar-refractivity contribution is 0.0617. The highest BCUT2D eigenvalue weighted by molar-refractivity contribution is 5.85. The molecule has 26 heavy (non-hydrogen) atoms. The molecule has 0 spiro atoms. The molecule has 0 radical (unpaired) electrons. The first-order chi connectivity index (χ1) is 12.7. The summed E-state index contributed by atoms with van der Waals surface area (Å²) in [6, 6.07) is 7.77. The Morgan fingerprint density at radius 3 is 2.81 bits per heavy atom. The number of anilines is 1. The minimum Gasteiger partial charge on any atom is -0.494 e. The van der Waals surface area contributed by atoms with E-state index in [9.17, 15) is 4.79 Å². The SMILES string of the molecule is CCCCCOc1cccc(NC(=O)OC2CCCCC2NCCC)c1. The Bertz CT molecular complexity index is 536. The van der Waals surface area contributed by atoms with Crippen molar-refractivity contribution < 1.29 is 14.3 Å². The zero-order chi connectivity index (χ0) is 18.6. The predicted octanol–water partition coefficient (Wildman–Crippen LogP) is 5.11. The molecule has 1 amide bonds. The lowest BCUT2D eigenvalue weighted by atomic mass is 9.92. The molecule has 1 aliphatic rings. The Morgan fingerprint density at radius 1 is 1.15 bits per heavy atom. The number of nitrogens with one attached hydrogen (secondary N) is 2. The third-order valence-electron chi connectivity index (χ3n) is 4.71. The van der Waals surface area contributed by atoms with Gasteiger partial charge in [0, 0.05) is 17.8 Å². The second-order valence-electron chi connectivity index (χ2n) is 7.00. The van der Waals surface area contributed by atoms with Crippen LogP contribution in [0.25, 0.3) is 0 Å². The molecule has 2 N–H and O–H groups in total. The Hall–Kier alpha value is -1.75. The first-order valence-electron chi connectivity index (χ1n) is 10.2. The molecule has 2 unspecified atom stereocenters. The lowest BCUT2D eigenvalue weighted by Gasteiger charge is -2.31. The molecule has 2 atom stereocenters. The van der Waals surface area contributed by atoms with Crippen molar-refractivity contribution in [3.63, 3.8) is 0 Å². The smallest absolute Gasteiger partial charge is 0.411 e.